The van der Waals surface area contributed by atoms with E-state index in [9.17, 15) is 4.79 Å². The number of carbonyl (C=O) groups excluding carboxylic acids is 1. The topological polar surface area (TPSA) is 59.9 Å². The molecular weight excluding hydrogens is 460 g/mol. The monoisotopic (exact) mass is 500 g/mol. The highest BCUT2D eigenvalue weighted by Crippen LogP contribution is 2.43. The van der Waals surface area contributed by atoms with Gasteiger partial charge in [0.15, 0.2) is 0 Å². The molecule has 0 radical (unpaired) electrons. The average molecular weight is 501 g/mol. The second-order valence-electron chi connectivity index (χ2n) is 9.25. The smallest absolute Gasteiger partial charge is 0.352 e. The highest BCUT2D eigenvalue weighted by atomic mass is 35.5. The standard InChI is InChI=1S/C27H35ClN2O3.C2H6/c1-4-9-20(28)11-6-7-15-27(25(31)32-5-2)17-29-26(33-27)30-24-21-12-8-10-19(21)16-23-18(3)13-14-22(23)24;1-2/h6,9,11,16,18H,4-5,7-8,10,12-15,17H2,1-3H3,(H,29,30);1-2H3/b11-6-,20-9+;. The molecule has 2 unspecified atom stereocenters. The Balaban J connectivity index is 0.00000167. The number of halogens is 1. The number of carbonyl (C=O) groups is 1. The second kappa shape index (κ2) is 12.6. The molecule has 0 aromatic heterocycles. The van der Waals surface area contributed by atoms with Crippen molar-refractivity contribution in [2.75, 3.05) is 18.5 Å². The number of hydrogen-bond donors (Lipinski definition) is 1. The van der Waals surface area contributed by atoms with Gasteiger partial charge in [0.25, 0.3) is 6.02 Å². The fourth-order valence-corrected chi connectivity index (χ4v) is 5.43. The van der Waals surface area contributed by atoms with Crippen molar-refractivity contribution in [2.24, 2.45) is 4.99 Å². The Morgan fingerprint density at radius 1 is 1.29 bits per heavy atom. The Bertz CT molecular complexity index is 998. The van der Waals surface area contributed by atoms with Crippen LogP contribution in [0, 0.1) is 0 Å². The molecule has 0 amide bonds. The van der Waals surface area contributed by atoms with Crippen LogP contribution < -0.4 is 5.32 Å². The maximum absolute atomic E-state index is 12.9. The van der Waals surface area contributed by atoms with Gasteiger partial charge in [0.1, 0.15) is 0 Å². The van der Waals surface area contributed by atoms with Crippen LogP contribution in [-0.2, 0) is 33.5 Å². The van der Waals surface area contributed by atoms with Crippen molar-refractivity contribution in [3.8, 4) is 0 Å². The molecule has 0 fully saturated rings. The number of aryl methyl sites for hydroxylation is 1. The molecule has 1 aliphatic heterocycles. The van der Waals surface area contributed by atoms with Gasteiger partial charge in [-0.05, 0) is 86.1 Å². The van der Waals surface area contributed by atoms with E-state index in [1.165, 1.54) is 40.8 Å². The lowest BCUT2D eigenvalue weighted by Crippen LogP contribution is -2.44. The van der Waals surface area contributed by atoms with E-state index < -0.39 is 5.60 Å². The predicted molar refractivity (Wildman–Crippen MR) is 146 cm³/mol. The fourth-order valence-electron chi connectivity index (χ4n) is 5.19. The van der Waals surface area contributed by atoms with Crippen molar-refractivity contribution in [1.82, 2.24) is 0 Å². The minimum atomic E-state index is -1.10. The van der Waals surface area contributed by atoms with Gasteiger partial charge in [0.2, 0.25) is 5.60 Å². The quantitative estimate of drug-likeness (QED) is 0.302. The van der Waals surface area contributed by atoms with E-state index in [0.717, 1.165) is 25.7 Å². The molecule has 1 N–H and O–H groups in total. The first kappa shape index (κ1) is 27.3. The van der Waals surface area contributed by atoms with Crippen LogP contribution in [0.1, 0.15) is 94.9 Å². The molecule has 2 atom stereocenters. The summed E-state index contributed by atoms with van der Waals surface area (Å²) in [4.78, 5) is 17.5. The van der Waals surface area contributed by atoms with Gasteiger partial charge in [0, 0.05) is 17.1 Å². The highest BCUT2D eigenvalue weighted by molar-refractivity contribution is 6.31. The molecule has 1 aromatic carbocycles. The predicted octanol–water partition coefficient (Wildman–Crippen LogP) is 7.22. The van der Waals surface area contributed by atoms with E-state index in [-0.39, 0.29) is 12.5 Å². The summed E-state index contributed by atoms with van der Waals surface area (Å²) in [5, 5.41) is 4.21. The van der Waals surface area contributed by atoms with E-state index in [1.807, 2.05) is 45.9 Å². The van der Waals surface area contributed by atoms with Gasteiger partial charge in [-0.3, -0.25) is 0 Å². The molecule has 0 bridgehead atoms. The van der Waals surface area contributed by atoms with Crippen LogP contribution in [0.4, 0.5) is 5.69 Å². The zero-order valence-electron chi connectivity index (χ0n) is 22.0. The molecule has 0 spiro atoms. The maximum atomic E-state index is 12.9. The number of allylic oxidation sites excluding steroid dienone is 4. The molecule has 1 heterocycles. The molecular formula is C29H41ClN2O3. The summed E-state index contributed by atoms with van der Waals surface area (Å²) in [5.41, 5.74) is 5.75. The third-order valence-electron chi connectivity index (χ3n) is 6.94. The van der Waals surface area contributed by atoms with Crippen molar-refractivity contribution in [1.29, 1.82) is 0 Å². The Labute approximate surface area is 216 Å². The first-order chi connectivity index (χ1) is 17.0. The number of esters is 1. The number of fused-ring (bicyclic) bond motifs is 2. The van der Waals surface area contributed by atoms with Crippen molar-refractivity contribution >= 4 is 29.3 Å². The lowest BCUT2D eigenvalue weighted by Gasteiger charge is -2.26. The molecule has 2 aliphatic carbocycles. The minimum Gasteiger partial charge on any atom is -0.463 e. The Kier molecular flexibility index (Phi) is 9.85. The molecule has 35 heavy (non-hydrogen) atoms. The Morgan fingerprint density at radius 2 is 2.09 bits per heavy atom. The van der Waals surface area contributed by atoms with E-state index in [4.69, 9.17) is 21.1 Å². The van der Waals surface area contributed by atoms with Gasteiger partial charge in [-0.25, -0.2) is 9.79 Å². The summed E-state index contributed by atoms with van der Waals surface area (Å²) in [6.45, 7) is 10.7. The van der Waals surface area contributed by atoms with Crippen LogP contribution in [0.2, 0.25) is 0 Å². The van der Waals surface area contributed by atoms with Crippen LogP contribution in [-0.4, -0.2) is 30.7 Å². The summed E-state index contributed by atoms with van der Waals surface area (Å²) < 4.78 is 11.6. The lowest BCUT2D eigenvalue weighted by atomic mass is 9.96. The van der Waals surface area contributed by atoms with Gasteiger partial charge in [-0.1, -0.05) is 57.5 Å². The van der Waals surface area contributed by atoms with Gasteiger partial charge in [-0.15, -0.1) is 0 Å². The van der Waals surface area contributed by atoms with Crippen LogP contribution >= 0.6 is 11.6 Å². The summed E-state index contributed by atoms with van der Waals surface area (Å²) in [6, 6.07) is 2.85. The third-order valence-corrected chi connectivity index (χ3v) is 7.22. The normalized spacial score (nSPS) is 22.7. The number of aliphatic imine (C=N–C) groups is 1. The number of hydrogen-bond acceptors (Lipinski definition) is 5. The van der Waals surface area contributed by atoms with Gasteiger partial charge in [0.05, 0.1) is 13.2 Å². The number of nitrogens with zero attached hydrogens (tertiary/aromatic N) is 1. The van der Waals surface area contributed by atoms with Gasteiger partial charge in [-0.2, -0.15) is 0 Å². The van der Waals surface area contributed by atoms with Crippen LogP contribution in [0.25, 0.3) is 0 Å². The number of nitrogens with one attached hydrogen (secondary N) is 1. The minimum absolute atomic E-state index is 0.258. The Morgan fingerprint density at radius 3 is 2.83 bits per heavy atom. The summed E-state index contributed by atoms with van der Waals surface area (Å²) in [7, 11) is 0. The fraction of sp³-hybridized carbons (Fsp3) is 0.586. The number of amidine groups is 1. The van der Waals surface area contributed by atoms with Crippen molar-refractivity contribution in [3.05, 3.63) is 51.6 Å². The summed E-state index contributed by atoms with van der Waals surface area (Å²) >= 11 is 6.16. The van der Waals surface area contributed by atoms with Crippen molar-refractivity contribution in [3.63, 3.8) is 0 Å². The lowest BCUT2D eigenvalue weighted by molar-refractivity contribution is -0.161. The molecule has 5 nitrogen and oxygen atoms in total. The summed E-state index contributed by atoms with van der Waals surface area (Å²) in [6.07, 6.45) is 13.4. The Hall–Kier alpha value is -2.27. The van der Waals surface area contributed by atoms with E-state index in [2.05, 4.69) is 23.3 Å². The zero-order valence-corrected chi connectivity index (χ0v) is 22.8. The molecule has 192 valence electrons. The third kappa shape index (κ3) is 6.11. The largest absolute Gasteiger partial charge is 0.463 e. The first-order valence-electron chi connectivity index (χ1n) is 13.3. The van der Waals surface area contributed by atoms with Gasteiger partial charge < -0.3 is 14.8 Å². The van der Waals surface area contributed by atoms with Crippen molar-refractivity contribution < 1.29 is 14.3 Å². The summed E-state index contributed by atoms with van der Waals surface area (Å²) in [5.74, 6) is 0.225. The SMILES string of the molecule is CC.CC/C=C(Cl)\C=C/CCC1(C(=O)OCC)CN=C(Nc2c3c(cc4c2CCC4C)CCC3)O1. The molecule has 6 heteroatoms. The molecule has 3 aliphatic rings. The molecule has 1 aromatic rings. The van der Waals surface area contributed by atoms with Crippen LogP contribution in [0.5, 0.6) is 0 Å². The van der Waals surface area contributed by atoms with Crippen molar-refractivity contribution in [2.45, 2.75) is 97.5 Å². The number of anilines is 1. The molecule has 4 rings (SSSR count). The number of benzene rings is 1. The zero-order chi connectivity index (χ0) is 25.4. The second-order valence-corrected chi connectivity index (χ2v) is 9.69. The van der Waals surface area contributed by atoms with Gasteiger partial charge >= 0.3 is 5.97 Å². The van der Waals surface area contributed by atoms with Crippen LogP contribution in [0.15, 0.2) is 34.3 Å². The molecule has 0 saturated heterocycles. The maximum Gasteiger partial charge on any atom is 0.352 e. The van der Waals surface area contributed by atoms with E-state index in [0.29, 0.717) is 36.4 Å². The highest BCUT2D eigenvalue weighted by Gasteiger charge is 2.47. The first-order valence-corrected chi connectivity index (χ1v) is 13.7. The molecule has 0 saturated carbocycles. The van der Waals surface area contributed by atoms with E-state index in [1.54, 1.807) is 0 Å². The van der Waals surface area contributed by atoms with Crippen LogP contribution in [0.3, 0.4) is 0 Å². The number of ether oxygens (including phenoxy) is 2. The average Bonchev–Trinajstić information content (AvgIpc) is 3.58. The van der Waals surface area contributed by atoms with E-state index >= 15 is 0 Å². The number of rotatable bonds is 8.